The van der Waals surface area contributed by atoms with Gasteiger partial charge in [0.25, 0.3) is 5.91 Å². The van der Waals surface area contributed by atoms with Crippen LogP contribution in [0, 0.1) is 17.6 Å². The van der Waals surface area contributed by atoms with Gasteiger partial charge in [-0.1, -0.05) is 0 Å². The molecule has 0 atom stereocenters. The molecule has 184 valence electrons. The van der Waals surface area contributed by atoms with Crippen LogP contribution in [0.15, 0.2) is 36.4 Å². The summed E-state index contributed by atoms with van der Waals surface area (Å²) < 4.78 is 76.7. The van der Waals surface area contributed by atoms with Gasteiger partial charge in [0.15, 0.2) is 0 Å². The molecule has 2 amide bonds. The number of halogens is 5. The van der Waals surface area contributed by atoms with Gasteiger partial charge in [-0.3, -0.25) is 9.59 Å². The van der Waals surface area contributed by atoms with E-state index in [1.54, 1.807) is 0 Å². The fraction of sp³-hybridized carbons (Fsp3) is 0.391. The van der Waals surface area contributed by atoms with E-state index >= 15 is 0 Å². The van der Waals surface area contributed by atoms with E-state index in [4.69, 9.17) is 9.47 Å². The Morgan fingerprint density at radius 3 is 2.38 bits per heavy atom. The van der Waals surface area contributed by atoms with E-state index in [0.29, 0.717) is 6.07 Å². The standard InChI is InChI=1S/C23H23F5N2O4/c1-33-10-11-34-20-5-2-15(23(26,27)28)12-19(20)29-21(31)14-6-8-30(9-7-14)22(32)17-4-3-16(24)13-18(17)25/h2-5,12-14H,6-11H2,1H3,(H,29,31). The first kappa shape index (κ1) is 25.4. The second-order valence-electron chi connectivity index (χ2n) is 7.73. The number of hydrogen-bond donors (Lipinski definition) is 1. The van der Waals surface area contributed by atoms with E-state index in [1.807, 2.05) is 0 Å². The molecule has 0 bridgehead atoms. The highest BCUT2D eigenvalue weighted by Crippen LogP contribution is 2.35. The van der Waals surface area contributed by atoms with E-state index in [-0.39, 0.29) is 56.1 Å². The molecule has 1 saturated heterocycles. The van der Waals surface area contributed by atoms with Crippen molar-refractivity contribution in [3.05, 3.63) is 59.2 Å². The fourth-order valence-electron chi connectivity index (χ4n) is 3.58. The zero-order valence-corrected chi connectivity index (χ0v) is 18.3. The summed E-state index contributed by atoms with van der Waals surface area (Å²) in [5.41, 5.74) is -1.34. The van der Waals surface area contributed by atoms with E-state index in [9.17, 15) is 31.5 Å². The first-order valence-corrected chi connectivity index (χ1v) is 10.5. The molecule has 0 spiro atoms. The lowest BCUT2D eigenvalue weighted by molar-refractivity contribution is -0.137. The van der Waals surface area contributed by atoms with Gasteiger partial charge in [0.2, 0.25) is 5.91 Å². The maximum absolute atomic E-state index is 13.9. The molecule has 0 aliphatic carbocycles. The molecule has 34 heavy (non-hydrogen) atoms. The van der Waals surface area contributed by atoms with Crippen LogP contribution in [0.2, 0.25) is 0 Å². The van der Waals surface area contributed by atoms with Gasteiger partial charge in [-0.15, -0.1) is 0 Å². The van der Waals surface area contributed by atoms with Gasteiger partial charge in [-0.2, -0.15) is 13.2 Å². The van der Waals surface area contributed by atoms with Crippen LogP contribution in [0.25, 0.3) is 0 Å². The minimum atomic E-state index is -4.61. The second kappa shape index (κ2) is 10.8. The highest BCUT2D eigenvalue weighted by Gasteiger charge is 2.33. The Hall–Kier alpha value is -3.21. The number of hydrogen-bond acceptors (Lipinski definition) is 4. The Bertz CT molecular complexity index is 1040. The van der Waals surface area contributed by atoms with Crippen molar-refractivity contribution >= 4 is 17.5 Å². The van der Waals surface area contributed by atoms with E-state index < -0.39 is 41.1 Å². The molecule has 1 heterocycles. The molecule has 11 heteroatoms. The zero-order chi connectivity index (χ0) is 24.9. The fourth-order valence-corrected chi connectivity index (χ4v) is 3.58. The minimum Gasteiger partial charge on any atom is -0.489 e. The number of amides is 2. The van der Waals surface area contributed by atoms with Crippen LogP contribution >= 0.6 is 0 Å². The Morgan fingerprint density at radius 2 is 1.76 bits per heavy atom. The van der Waals surface area contributed by atoms with Crippen molar-refractivity contribution in [3.8, 4) is 5.75 Å². The van der Waals surface area contributed by atoms with E-state index in [1.165, 1.54) is 12.0 Å². The first-order valence-electron chi connectivity index (χ1n) is 10.5. The smallest absolute Gasteiger partial charge is 0.416 e. The Balaban J connectivity index is 1.66. The lowest BCUT2D eigenvalue weighted by atomic mass is 9.95. The summed E-state index contributed by atoms with van der Waals surface area (Å²) in [5.74, 6) is -3.43. The number of nitrogens with zero attached hydrogens (tertiary/aromatic N) is 1. The number of carbonyl (C=O) groups excluding carboxylic acids is 2. The molecule has 1 aliphatic rings. The molecule has 0 unspecified atom stereocenters. The van der Waals surface area contributed by atoms with Crippen LogP contribution in [0.5, 0.6) is 5.75 Å². The normalized spacial score (nSPS) is 14.7. The number of benzene rings is 2. The number of piperidine rings is 1. The predicted octanol–water partition coefficient (Wildman–Crippen LogP) is 4.50. The molecule has 0 aromatic heterocycles. The van der Waals surface area contributed by atoms with Crippen LogP contribution in [0.1, 0.15) is 28.8 Å². The van der Waals surface area contributed by atoms with Crippen molar-refractivity contribution in [2.24, 2.45) is 5.92 Å². The third-order valence-electron chi connectivity index (χ3n) is 5.42. The van der Waals surface area contributed by atoms with Gasteiger partial charge in [0.1, 0.15) is 24.0 Å². The monoisotopic (exact) mass is 486 g/mol. The van der Waals surface area contributed by atoms with Gasteiger partial charge >= 0.3 is 6.18 Å². The van der Waals surface area contributed by atoms with Crippen LogP contribution < -0.4 is 10.1 Å². The average molecular weight is 486 g/mol. The lowest BCUT2D eigenvalue weighted by Crippen LogP contribution is -2.41. The van der Waals surface area contributed by atoms with Crippen LogP contribution in [0.4, 0.5) is 27.6 Å². The summed E-state index contributed by atoms with van der Waals surface area (Å²) in [7, 11) is 1.44. The predicted molar refractivity (Wildman–Crippen MR) is 112 cm³/mol. The third-order valence-corrected chi connectivity index (χ3v) is 5.42. The Kier molecular flexibility index (Phi) is 8.08. The first-order chi connectivity index (χ1) is 16.1. The maximum atomic E-state index is 13.9. The maximum Gasteiger partial charge on any atom is 0.416 e. The highest BCUT2D eigenvalue weighted by atomic mass is 19.4. The lowest BCUT2D eigenvalue weighted by Gasteiger charge is -2.31. The van der Waals surface area contributed by atoms with Crippen LogP contribution in [-0.2, 0) is 15.7 Å². The topological polar surface area (TPSA) is 67.9 Å². The van der Waals surface area contributed by atoms with Gasteiger partial charge in [-0.25, -0.2) is 8.78 Å². The second-order valence-corrected chi connectivity index (χ2v) is 7.73. The zero-order valence-electron chi connectivity index (χ0n) is 18.3. The Labute approximate surface area is 192 Å². The van der Waals surface area contributed by atoms with Crippen LogP contribution in [0.3, 0.4) is 0 Å². The van der Waals surface area contributed by atoms with Gasteiger partial charge in [0, 0.05) is 32.2 Å². The van der Waals surface area contributed by atoms with E-state index in [2.05, 4.69) is 5.32 Å². The number of rotatable bonds is 7. The van der Waals surface area contributed by atoms with Crippen molar-refractivity contribution in [1.82, 2.24) is 4.90 Å². The summed E-state index contributed by atoms with van der Waals surface area (Å²) in [4.78, 5) is 26.7. The van der Waals surface area contributed by atoms with Crippen molar-refractivity contribution in [2.45, 2.75) is 19.0 Å². The largest absolute Gasteiger partial charge is 0.489 e. The molecule has 2 aromatic rings. The van der Waals surface area contributed by atoms with Crippen LogP contribution in [-0.4, -0.2) is 50.1 Å². The SMILES string of the molecule is COCCOc1ccc(C(F)(F)F)cc1NC(=O)C1CCN(C(=O)c2ccc(F)cc2F)CC1. The molecular weight excluding hydrogens is 463 g/mol. The van der Waals surface area contributed by atoms with Gasteiger partial charge in [0.05, 0.1) is 23.4 Å². The minimum absolute atomic E-state index is 0.0674. The van der Waals surface area contributed by atoms with Crippen molar-refractivity contribution in [1.29, 1.82) is 0 Å². The molecule has 3 rings (SSSR count). The van der Waals surface area contributed by atoms with Gasteiger partial charge in [-0.05, 0) is 43.2 Å². The Morgan fingerprint density at radius 1 is 1.06 bits per heavy atom. The number of ether oxygens (including phenoxy) is 2. The average Bonchev–Trinajstić information content (AvgIpc) is 2.79. The van der Waals surface area contributed by atoms with E-state index in [0.717, 1.165) is 30.3 Å². The molecular formula is C23H23F5N2O4. The molecule has 0 radical (unpaired) electrons. The summed E-state index contributed by atoms with van der Waals surface area (Å²) >= 11 is 0. The van der Waals surface area contributed by atoms with Crippen molar-refractivity contribution in [2.75, 3.05) is 38.7 Å². The molecule has 1 aliphatic heterocycles. The summed E-state index contributed by atoms with van der Waals surface area (Å²) in [6.07, 6.45) is -4.16. The molecule has 1 N–H and O–H groups in total. The summed E-state index contributed by atoms with van der Waals surface area (Å²) in [6, 6.07) is 5.45. The molecule has 6 nitrogen and oxygen atoms in total. The quantitative estimate of drug-likeness (QED) is 0.462. The molecule has 0 saturated carbocycles. The molecule has 1 fully saturated rings. The number of likely N-dealkylation sites (tertiary alicyclic amines) is 1. The number of carbonyl (C=O) groups is 2. The van der Waals surface area contributed by atoms with Crippen molar-refractivity contribution < 1.29 is 41.0 Å². The third kappa shape index (κ3) is 6.22. The number of anilines is 1. The molecule has 2 aromatic carbocycles. The van der Waals surface area contributed by atoms with Crippen molar-refractivity contribution in [3.63, 3.8) is 0 Å². The number of methoxy groups -OCH3 is 1. The summed E-state index contributed by atoms with van der Waals surface area (Å²) in [6.45, 7) is 0.543. The number of alkyl halides is 3. The summed E-state index contributed by atoms with van der Waals surface area (Å²) in [5, 5.41) is 2.50. The van der Waals surface area contributed by atoms with Gasteiger partial charge < -0.3 is 19.7 Å². The highest BCUT2D eigenvalue weighted by molar-refractivity contribution is 5.96. The number of nitrogens with one attached hydrogen (secondary N) is 1.